The van der Waals surface area contributed by atoms with Crippen molar-refractivity contribution in [3.05, 3.63) is 24.3 Å². The minimum Gasteiger partial charge on any atom is -0.364 e. The van der Waals surface area contributed by atoms with Gasteiger partial charge < -0.3 is 15.8 Å². The number of alkyl halides is 3. The smallest absolute Gasteiger partial charge is 0.364 e. The summed E-state index contributed by atoms with van der Waals surface area (Å²) < 4.78 is 42.8. The van der Waals surface area contributed by atoms with Crippen molar-refractivity contribution in [2.24, 2.45) is 5.73 Å². The molecule has 2 rings (SSSR count). The standard InChI is InChI=1S/C13H15F3N2O2S.ClH/c14-13(15,16)21-11-4-2-1-3-9(11)18-12(19)10-6-5-8(7-17)20-10;/h1-4,8,10H,5-7,17H2,(H,18,19);1H/t8-,10+;/m1./s1. The molecule has 0 aliphatic carbocycles. The Morgan fingerprint density at radius 2 is 2.05 bits per heavy atom. The zero-order valence-corrected chi connectivity index (χ0v) is 13.1. The lowest BCUT2D eigenvalue weighted by atomic mass is 10.2. The fourth-order valence-corrected chi connectivity index (χ4v) is 2.69. The number of halogens is 4. The van der Waals surface area contributed by atoms with Gasteiger partial charge in [0.1, 0.15) is 6.10 Å². The highest BCUT2D eigenvalue weighted by molar-refractivity contribution is 8.00. The zero-order valence-electron chi connectivity index (χ0n) is 11.4. The molecule has 0 saturated carbocycles. The molecular weight excluding hydrogens is 341 g/mol. The first-order valence-corrected chi connectivity index (χ1v) is 7.22. The summed E-state index contributed by atoms with van der Waals surface area (Å²) in [6, 6.07) is 5.79. The van der Waals surface area contributed by atoms with Gasteiger partial charge in [-0.1, -0.05) is 12.1 Å². The van der Waals surface area contributed by atoms with Crippen LogP contribution < -0.4 is 11.1 Å². The van der Waals surface area contributed by atoms with E-state index in [4.69, 9.17) is 10.5 Å². The fraction of sp³-hybridized carbons (Fsp3) is 0.462. The number of anilines is 1. The highest BCUT2D eigenvalue weighted by atomic mass is 35.5. The lowest BCUT2D eigenvalue weighted by molar-refractivity contribution is -0.126. The number of carbonyl (C=O) groups excluding carboxylic acids is 1. The largest absolute Gasteiger partial charge is 0.446 e. The van der Waals surface area contributed by atoms with Gasteiger partial charge in [-0.3, -0.25) is 4.79 Å². The second kappa shape index (κ2) is 8.05. The van der Waals surface area contributed by atoms with Crippen molar-refractivity contribution in [2.45, 2.75) is 35.5 Å². The van der Waals surface area contributed by atoms with Gasteiger partial charge in [0, 0.05) is 11.4 Å². The first kappa shape index (κ1) is 19.1. The Morgan fingerprint density at radius 1 is 1.36 bits per heavy atom. The van der Waals surface area contributed by atoms with Crippen LogP contribution in [0.3, 0.4) is 0 Å². The van der Waals surface area contributed by atoms with E-state index in [2.05, 4.69) is 5.32 Å². The van der Waals surface area contributed by atoms with Crippen LogP contribution in [0.15, 0.2) is 29.2 Å². The molecule has 1 aromatic rings. The van der Waals surface area contributed by atoms with Crippen LogP contribution in [0.1, 0.15) is 12.8 Å². The third-order valence-electron chi connectivity index (χ3n) is 3.03. The predicted octanol–water partition coefficient (Wildman–Crippen LogP) is 3.17. The van der Waals surface area contributed by atoms with Crippen LogP contribution in [0.25, 0.3) is 0 Å². The lowest BCUT2D eigenvalue weighted by Gasteiger charge is -2.15. The van der Waals surface area contributed by atoms with Crippen LogP contribution in [0.2, 0.25) is 0 Å². The summed E-state index contributed by atoms with van der Waals surface area (Å²) in [6.45, 7) is 0.324. The van der Waals surface area contributed by atoms with Gasteiger partial charge in [-0.05, 0) is 36.7 Å². The number of benzene rings is 1. The number of ether oxygens (including phenoxy) is 1. The van der Waals surface area contributed by atoms with E-state index in [1.165, 1.54) is 18.2 Å². The minimum absolute atomic E-state index is 0. The van der Waals surface area contributed by atoms with E-state index in [1.54, 1.807) is 6.07 Å². The van der Waals surface area contributed by atoms with Crippen molar-refractivity contribution < 1.29 is 22.7 Å². The second-order valence-electron chi connectivity index (χ2n) is 4.59. The van der Waals surface area contributed by atoms with Crippen molar-refractivity contribution >= 4 is 35.8 Å². The normalized spacial score (nSPS) is 21.3. The molecule has 0 bridgehead atoms. The Kier molecular flexibility index (Phi) is 6.98. The molecule has 0 unspecified atom stereocenters. The summed E-state index contributed by atoms with van der Waals surface area (Å²) in [4.78, 5) is 12.0. The molecule has 1 aliphatic rings. The molecule has 0 radical (unpaired) electrons. The van der Waals surface area contributed by atoms with Gasteiger partial charge in [0.25, 0.3) is 5.91 Å². The Balaban J connectivity index is 0.00000242. The summed E-state index contributed by atoms with van der Waals surface area (Å²) in [7, 11) is 0. The van der Waals surface area contributed by atoms with E-state index in [-0.39, 0.29) is 40.9 Å². The van der Waals surface area contributed by atoms with Crippen molar-refractivity contribution in [1.82, 2.24) is 0 Å². The second-order valence-corrected chi connectivity index (χ2v) is 5.70. The first-order chi connectivity index (χ1) is 9.89. The van der Waals surface area contributed by atoms with Crippen LogP contribution in [0.5, 0.6) is 0 Å². The van der Waals surface area contributed by atoms with Crippen LogP contribution >= 0.6 is 24.2 Å². The third kappa shape index (κ3) is 5.35. The molecule has 4 nitrogen and oxygen atoms in total. The first-order valence-electron chi connectivity index (χ1n) is 6.40. The average molecular weight is 357 g/mol. The molecule has 1 heterocycles. The summed E-state index contributed by atoms with van der Waals surface area (Å²) in [5.41, 5.74) is 1.18. The maximum Gasteiger partial charge on any atom is 0.446 e. The van der Waals surface area contributed by atoms with Crippen LogP contribution in [0.4, 0.5) is 18.9 Å². The van der Waals surface area contributed by atoms with Gasteiger partial charge in [-0.15, -0.1) is 12.4 Å². The number of hydrogen-bond acceptors (Lipinski definition) is 4. The van der Waals surface area contributed by atoms with Gasteiger partial charge in [0.05, 0.1) is 11.8 Å². The van der Waals surface area contributed by atoms with Gasteiger partial charge in [0.15, 0.2) is 0 Å². The summed E-state index contributed by atoms with van der Waals surface area (Å²) >= 11 is -0.259. The number of amides is 1. The lowest BCUT2D eigenvalue weighted by Crippen LogP contribution is -2.30. The number of nitrogens with two attached hydrogens (primary N) is 1. The third-order valence-corrected chi connectivity index (χ3v) is 3.84. The minimum atomic E-state index is -4.41. The highest BCUT2D eigenvalue weighted by Gasteiger charge is 2.32. The monoisotopic (exact) mass is 356 g/mol. The Labute approximate surface area is 136 Å². The van der Waals surface area contributed by atoms with Gasteiger partial charge in [-0.2, -0.15) is 13.2 Å². The van der Waals surface area contributed by atoms with Crippen molar-refractivity contribution in [3.63, 3.8) is 0 Å². The van der Waals surface area contributed by atoms with Crippen LogP contribution in [-0.4, -0.2) is 30.2 Å². The molecule has 1 saturated heterocycles. The maximum absolute atomic E-state index is 12.5. The number of carbonyl (C=O) groups is 1. The molecule has 1 amide bonds. The van der Waals surface area contributed by atoms with E-state index < -0.39 is 17.5 Å². The van der Waals surface area contributed by atoms with Crippen LogP contribution in [0, 0.1) is 0 Å². The quantitative estimate of drug-likeness (QED) is 0.813. The molecule has 9 heteroatoms. The van der Waals surface area contributed by atoms with Crippen molar-refractivity contribution in [1.29, 1.82) is 0 Å². The molecule has 124 valence electrons. The van der Waals surface area contributed by atoms with Crippen molar-refractivity contribution in [3.8, 4) is 0 Å². The molecule has 0 aromatic heterocycles. The summed E-state index contributed by atoms with van der Waals surface area (Å²) in [5.74, 6) is -0.443. The zero-order chi connectivity index (χ0) is 15.5. The summed E-state index contributed by atoms with van der Waals surface area (Å²) in [5, 5.41) is 2.49. The summed E-state index contributed by atoms with van der Waals surface area (Å²) in [6.07, 6.45) is 0.360. The molecule has 22 heavy (non-hydrogen) atoms. The van der Waals surface area contributed by atoms with E-state index >= 15 is 0 Å². The Bertz CT molecular complexity index is 516. The van der Waals surface area contributed by atoms with Gasteiger partial charge in [0.2, 0.25) is 0 Å². The van der Waals surface area contributed by atoms with Gasteiger partial charge in [-0.25, -0.2) is 0 Å². The molecule has 1 aliphatic heterocycles. The van der Waals surface area contributed by atoms with E-state index in [0.717, 1.165) is 0 Å². The molecule has 2 atom stereocenters. The maximum atomic E-state index is 12.5. The molecule has 3 N–H and O–H groups in total. The molecule has 1 aromatic carbocycles. The van der Waals surface area contributed by atoms with Gasteiger partial charge >= 0.3 is 5.51 Å². The van der Waals surface area contributed by atoms with E-state index in [9.17, 15) is 18.0 Å². The highest BCUT2D eigenvalue weighted by Crippen LogP contribution is 2.40. The van der Waals surface area contributed by atoms with E-state index in [0.29, 0.717) is 19.4 Å². The van der Waals surface area contributed by atoms with Crippen molar-refractivity contribution in [2.75, 3.05) is 11.9 Å². The topological polar surface area (TPSA) is 64.4 Å². The predicted molar refractivity (Wildman–Crippen MR) is 81.2 cm³/mol. The number of hydrogen-bond donors (Lipinski definition) is 2. The average Bonchev–Trinajstić information content (AvgIpc) is 2.88. The number of rotatable bonds is 4. The number of thioether (sulfide) groups is 1. The Morgan fingerprint density at radius 3 is 2.64 bits per heavy atom. The Hall–Kier alpha value is -0.960. The molecular formula is C13H16ClF3N2O2S. The molecule has 0 spiro atoms. The number of nitrogens with one attached hydrogen (secondary N) is 1. The molecule has 1 fully saturated rings. The number of para-hydroxylation sites is 1. The SMILES string of the molecule is Cl.NC[C@H]1CC[C@@H](C(=O)Nc2ccccc2SC(F)(F)F)O1. The fourth-order valence-electron chi connectivity index (χ4n) is 2.07. The van der Waals surface area contributed by atoms with E-state index in [1.807, 2.05) is 0 Å². The van der Waals surface area contributed by atoms with Crippen LogP contribution in [-0.2, 0) is 9.53 Å².